The SMILES string of the molecule is CCOc1ccc(-c2nnc(NC(=O)c3ccc(S(=O)(=O)N4CCCCCC4)cc3)o2)cc1. The van der Waals surface area contributed by atoms with Crippen LogP contribution in [0.1, 0.15) is 43.0 Å². The van der Waals surface area contributed by atoms with Gasteiger partial charge >= 0.3 is 6.01 Å². The molecule has 0 saturated carbocycles. The van der Waals surface area contributed by atoms with E-state index < -0.39 is 15.9 Å². The molecule has 33 heavy (non-hydrogen) atoms. The van der Waals surface area contributed by atoms with Gasteiger partial charge in [-0.2, -0.15) is 4.31 Å². The highest BCUT2D eigenvalue weighted by atomic mass is 32.2. The van der Waals surface area contributed by atoms with E-state index in [9.17, 15) is 13.2 Å². The minimum absolute atomic E-state index is 0.0508. The smallest absolute Gasteiger partial charge is 0.322 e. The highest BCUT2D eigenvalue weighted by Crippen LogP contribution is 2.24. The summed E-state index contributed by atoms with van der Waals surface area (Å²) in [5.74, 6) is 0.512. The van der Waals surface area contributed by atoms with Gasteiger partial charge in [0.25, 0.3) is 5.91 Å². The molecular formula is C23H26N4O5S. The lowest BCUT2D eigenvalue weighted by molar-refractivity contribution is 0.102. The quantitative estimate of drug-likeness (QED) is 0.556. The molecule has 1 aliphatic rings. The third kappa shape index (κ3) is 5.40. The second-order valence-electron chi connectivity index (χ2n) is 7.67. The number of nitrogens with zero attached hydrogens (tertiary/aromatic N) is 3. The molecule has 9 nitrogen and oxygen atoms in total. The predicted molar refractivity (Wildman–Crippen MR) is 123 cm³/mol. The van der Waals surface area contributed by atoms with Gasteiger partial charge in [0, 0.05) is 24.2 Å². The van der Waals surface area contributed by atoms with Crippen molar-refractivity contribution < 1.29 is 22.4 Å². The Morgan fingerprint density at radius 1 is 1.00 bits per heavy atom. The summed E-state index contributed by atoms with van der Waals surface area (Å²) < 4.78 is 38.2. The molecule has 1 N–H and O–H groups in total. The van der Waals surface area contributed by atoms with Gasteiger partial charge in [-0.15, -0.1) is 5.10 Å². The lowest BCUT2D eigenvalue weighted by Gasteiger charge is -2.19. The number of carbonyl (C=O) groups excluding carboxylic acids is 1. The summed E-state index contributed by atoms with van der Waals surface area (Å²) in [6, 6.07) is 13.0. The van der Waals surface area contributed by atoms with Crippen LogP contribution < -0.4 is 10.1 Å². The summed E-state index contributed by atoms with van der Waals surface area (Å²) in [5.41, 5.74) is 0.972. The zero-order valence-corrected chi connectivity index (χ0v) is 19.2. The van der Waals surface area contributed by atoms with Crippen molar-refractivity contribution in [3.63, 3.8) is 0 Å². The number of hydrogen-bond acceptors (Lipinski definition) is 7. The Labute approximate surface area is 192 Å². The average Bonchev–Trinajstić information content (AvgIpc) is 3.10. The molecule has 0 radical (unpaired) electrons. The number of anilines is 1. The summed E-state index contributed by atoms with van der Waals surface area (Å²) in [5, 5.41) is 10.4. The van der Waals surface area contributed by atoms with E-state index in [1.807, 2.05) is 6.92 Å². The summed E-state index contributed by atoms with van der Waals surface area (Å²) in [6.07, 6.45) is 3.81. The Hall–Kier alpha value is -3.24. The molecule has 0 aliphatic carbocycles. The van der Waals surface area contributed by atoms with Crippen LogP contribution in [0.5, 0.6) is 5.75 Å². The Morgan fingerprint density at radius 2 is 1.67 bits per heavy atom. The molecule has 0 atom stereocenters. The van der Waals surface area contributed by atoms with E-state index >= 15 is 0 Å². The molecular weight excluding hydrogens is 444 g/mol. The molecule has 1 aromatic heterocycles. The van der Waals surface area contributed by atoms with Crippen molar-refractivity contribution in [1.29, 1.82) is 0 Å². The van der Waals surface area contributed by atoms with Gasteiger partial charge in [-0.05, 0) is 68.3 Å². The maximum atomic E-state index is 12.9. The van der Waals surface area contributed by atoms with E-state index in [2.05, 4.69) is 15.5 Å². The summed E-state index contributed by atoms with van der Waals surface area (Å²) in [4.78, 5) is 12.7. The third-order valence-corrected chi connectivity index (χ3v) is 7.29. The van der Waals surface area contributed by atoms with E-state index in [1.54, 1.807) is 24.3 Å². The topological polar surface area (TPSA) is 115 Å². The molecule has 1 aliphatic heterocycles. The van der Waals surface area contributed by atoms with Crippen molar-refractivity contribution in [3.8, 4) is 17.2 Å². The van der Waals surface area contributed by atoms with Gasteiger partial charge in [0.15, 0.2) is 0 Å². The van der Waals surface area contributed by atoms with Crippen molar-refractivity contribution in [2.24, 2.45) is 0 Å². The largest absolute Gasteiger partial charge is 0.494 e. The number of rotatable bonds is 7. The Balaban J connectivity index is 1.42. The predicted octanol–water partition coefficient (Wildman–Crippen LogP) is 3.95. The molecule has 1 saturated heterocycles. The van der Waals surface area contributed by atoms with Crippen LogP contribution in [0.3, 0.4) is 0 Å². The maximum absolute atomic E-state index is 12.9. The highest BCUT2D eigenvalue weighted by molar-refractivity contribution is 7.89. The second kappa shape index (κ2) is 10.1. The lowest BCUT2D eigenvalue weighted by Crippen LogP contribution is -2.31. The molecule has 0 unspecified atom stereocenters. The van der Waals surface area contributed by atoms with Gasteiger partial charge in [-0.3, -0.25) is 10.1 Å². The fourth-order valence-electron chi connectivity index (χ4n) is 3.63. The Morgan fingerprint density at radius 3 is 2.30 bits per heavy atom. The van der Waals surface area contributed by atoms with Crippen LogP contribution in [-0.4, -0.2) is 48.5 Å². The van der Waals surface area contributed by atoms with Crippen LogP contribution in [0, 0.1) is 0 Å². The van der Waals surface area contributed by atoms with Crippen LogP contribution in [-0.2, 0) is 10.0 Å². The number of ether oxygens (including phenoxy) is 1. The molecule has 0 spiro atoms. The van der Waals surface area contributed by atoms with Crippen molar-refractivity contribution in [3.05, 3.63) is 54.1 Å². The number of nitrogens with one attached hydrogen (secondary N) is 1. The standard InChI is InChI=1S/C23H26N4O5S/c1-2-31-19-11-7-18(8-12-19)22-25-26-23(32-22)24-21(28)17-9-13-20(14-10-17)33(29,30)27-15-5-3-4-6-16-27/h7-14H,2-6,15-16H2,1H3,(H,24,26,28). The first-order valence-corrected chi connectivity index (χ1v) is 12.4. The molecule has 1 fully saturated rings. The number of sulfonamides is 1. The first kappa shape index (κ1) is 22.9. The van der Waals surface area contributed by atoms with Gasteiger partial charge < -0.3 is 9.15 Å². The fourth-order valence-corrected chi connectivity index (χ4v) is 5.15. The van der Waals surface area contributed by atoms with E-state index in [4.69, 9.17) is 9.15 Å². The summed E-state index contributed by atoms with van der Waals surface area (Å²) in [6.45, 7) is 3.53. The molecule has 0 bridgehead atoms. The number of aromatic nitrogens is 2. The van der Waals surface area contributed by atoms with Crippen LogP contribution in [0.15, 0.2) is 57.8 Å². The van der Waals surface area contributed by atoms with Crippen molar-refractivity contribution in [2.75, 3.05) is 25.0 Å². The number of amides is 1. The zero-order chi connectivity index (χ0) is 23.3. The van der Waals surface area contributed by atoms with E-state index in [0.29, 0.717) is 25.3 Å². The van der Waals surface area contributed by atoms with Crippen LogP contribution in [0.2, 0.25) is 0 Å². The number of hydrogen-bond donors (Lipinski definition) is 1. The normalized spacial score (nSPS) is 15.1. The zero-order valence-electron chi connectivity index (χ0n) is 18.4. The minimum atomic E-state index is -3.57. The molecule has 3 aromatic rings. The van der Waals surface area contributed by atoms with Gasteiger partial charge in [-0.25, -0.2) is 8.42 Å². The van der Waals surface area contributed by atoms with Crippen molar-refractivity contribution >= 4 is 21.9 Å². The van der Waals surface area contributed by atoms with Gasteiger partial charge in [-0.1, -0.05) is 17.9 Å². The molecule has 174 valence electrons. The van der Waals surface area contributed by atoms with Gasteiger partial charge in [0.2, 0.25) is 15.9 Å². The van der Waals surface area contributed by atoms with Crippen molar-refractivity contribution in [1.82, 2.24) is 14.5 Å². The van der Waals surface area contributed by atoms with Gasteiger partial charge in [0.05, 0.1) is 11.5 Å². The summed E-state index contributed by atoms with van der Waals surface area (Å²) in [7, 11) is -3.57. The van der Waals surface area contributed by atoms with E-state index in [1.165, 1.54) is 28.6 Å². The maximum Gasteiger partial charge on any atom is 0.322 e. The monoisotopic (exact) mass is 470 g/mol. The van der Waals surface area contributed by atoms with Crippen LogP contribution in [0.25, 0.3) is 11.5 Å². The molecule has 1 amide bonds. The molecule has 10 heteroatoms. The fraction of sp³-hybridized carbons (Fsp3) is 0.348. The van der Waals surface area contributed by atoms with E-state index in [0.717, 1.165) is 31.4 Å². The lowest BCUT2D eigenvalue weighted by atomic mass is 10.2. The third-order valence-electron chi connectivity index (χ3n) is 5.38. The molecule has 2 aromatic carbocycles. The minimum Gasteiger partial charge on any atom is -0.494 e. The second-order valence-corrected chi connectivity index (χ2v) is 9.60. The van der Waals surface area contributed by atoms with Crippen molar-refractivity contribution in [2.45, 2.75) is 37.5 Å². The first-order chi connectivity index (χ1) is 16.0. The van der Waals surface area contributed by atoms with E-state index in [-0.39, 0.29) is 22.4 Å². The number of carbonyl (C=O) groups is 1. The highest BCUT2D eigenvalue weighted by Gasteiger charge is 2.25. The Bertz CT molecular complexity index is 1180. The first-order valence-electron chi connectivity index (χ1n) is 11.0. The molecule has 4 rings (SSSR count). The Kier molecular flexibility index (Phi) is 7.05. The molecule has 2 heterocycles. The van der Waals surface area contributed by atoms with Gasteiger partial charge in [0.1, 0.15) is 5.75 Å². The summed E-state index contributed by atoms with van der Waals surface area (Å²) >= 11 is 0. The van der Waals surface area contributed by atoms with Crippen LogP contribution >= 0.6 is 0 Å². The average molecular weight is 471 g/mol. The number of benzene rings is 2. The van der Waals surface area contributed by atoms with Crippen LogP contribution in [0.4, 0.5) is 6.01 Å².